The van der Waals surface area contributed by atoms with Crippen molar-refractivity contribution in [2.45, 2.75) is 25.9 Å². The molecular weight excluding hydrogens is 254 g/mol. The molecule has 0 aromatic heterocycles. The maximum Gasteiger partial charge on any atom is 0.238 e. The Morgan fingerprint density at radius 2 is 2.30 bits per heavy atom. The number of nitrogens with two attached hydrogens (primary N) is 1. The molecule has 0 bridgehead atoms. The van der Waals surface area contributed by atoms with Gasteiger partial charge in [0.15, 0.2) is 0 Å². The summed E-state index contributed by atoms with van der Waals surface area (Å²) in [7, 11) is 0. The summed E-state index contributed by atoms with van der Waals surface area (Å²) < 4.78 is 5.45. The van der Waals surface area contributed by atoms with E-state index >= 15 is 0 Å². The van der Waals surface area contributed by atoms with Gasteiger partial charge >= 0.3 is 0 Å². The standard InChI is InChI=1S/C15H23N3O2/c1-2-13-11-20-8-7-18(13)10-15(19)17-14-6-4-3-5-12(14)9-16/h3-6,13H,2,7-11,16H2,1H3,(H,17,19). The van der Waals surface area contributed by atoms with Gasteiger partial charge in [-0.25, -0.2) is 0 Å². The molecule has 1 heterocycles. The highest BCUT2D eigenvalue weighted by Gasteiger charge is 2.23. The van der Waals surface area contributed by atoms with Crippen LogP contribution in [0.4, 0.5) is 5.69 Å². The van der Waals surface area contributed by atoms with E-state index in [1.165, 1.54) is 0 Å². The molecule has 1 aromatic rings. The molecule has 0 aliphatic carbocycles. The molecule has 3 N–H and O–H groups in total. The predicted molar refractivity (Wildman–Crippen MR) is 79.4 cm³/mol. The van der Waals surface area contributed by atoms with E-state index in [2.05, 4.69) is 17.1 Å². The van der Waals surface area contributed by atoms with E-state index in [1.807, 2.05) is 24.3 Å². The molecule has 5 nitrogen and oxygen atoms in total. The number of nitrogens with zero attached hydrogens (tertiary/aromatic N) is 1. The van der Waals surface area contributed by atoms with Crippen molar-refractivity contribution in [1.82, 2.24) is 4.90 Å². The summed E-state index contributed by atoms with van der Waals surface area (Å²) in [5, 5.41) is 2.95. The van der Waals surface area contributed by atoms with Gasteiger partial charge in [0, 0.05) is 24.8 Å². The molecule has 1 fully saturated rings. The molecule has 0 radical (unpaired) electrons. The molecule has 1 atom stereocenters. The summed E-state index contributed by atoms with van der Waals surface area (Å²) in [6, 6.07) is 7.97. The van der Waals surface area contributed by atoms with Crippen molar-refractivity contribution in [2.24, 2.45) is 5.73 Å². The second-order valence-electron chi connectivity index (χ2n) is 5.02. The highest BCUT2D eigenvalue weighted by molar-refractivity contribution is 5.93. The average molecular weight is 277 g/mol. The first-order valence-corrected chi connectivity index (χ1v) is 7.14. The van der Waals surface area contributed by atoms with Crippen LogP contribution in [0.1, 0.15) is 18.9 Å². The summed E-state index contributed by atoms with van der Waals surface area (Å²) >= 11 is 0. The summed E-state index contributed by atoms with van der Waals surface area (Å²) in [5.74, 6) is 0.00579. The number of nitrogens with one attached hydrogen (secondary N) is 1. The topological polar surface area (TPSA) is 67.6 Å². The number of carbonyl (C=O) groups is 1. The number of morpholine rings is 1. The second kappa shape index (κ2) is 7.38. The first-order chi connectivity index (χ1) is 9.74. The first kappa shape index (κ1) is 15.0. The van der Waals surface area contributed by atoms with Crippen molar-refractivity contribution in [1.29, 1.82) is 0 Å². The third kappa shape index (κ3) is 3.79. The molecule has 2 rings (SSSR count). The van der Waals surface area contributed by atoms with E-state index in [-0.39, 0.29) is 5.91 Å². The predicted octanol–water partition coefficient (Wildman–Crippen LogP) is 1.19. The van der Waals surface area contributed by atoms with Crippen LogP contribution >= 0.6 is 0 Å². The average Bonchev–Trinajstić information content (AvgIpc) is 2.48. The third-order valence-electron chi connectivity index (χ3n) is 3.68. The van der Waals surface area contributed by atoms with E-state index in [0.717, 1.165) is 24.2 Å². The Kier molecular flexibility index (Phi) is 5.52. The van der Waals surface area contributed by atoms with Crippen LogP contribution in [-0.4, -0.2) is 43.2 Å². The minimum atomic E-state index is 0.00579. The van der Waals surface area contributed by atoms with Crippen molar-refractivity contribution >= 4 is 11.6 Å². The minimum absolute atomic E-state index is 0.00579. The normalized spacial score (nSPS) is 19.8. The van der Waals surface area contributed by atoms with Gasteiger partial charge in [0.2, 0.25) is 5.91 Å². The number of benzene rings is 1. The Balaban J connectivity index is 1.94. The second-order valence-corrected chi connectivity index (χ2v) is 5.02. The van der Waals surface area contributed by atoms with Crippen LogP contribution < -0.4 is 11.1 Å². The Morgan fingerprint density at radius 1 is 1.50 bits per heavy atom. The Morgan fingerprint density at radius 3 is 3.05 bits per heavy atom. The molecular formula is C15H23N3O2. The van der Waals surface area contributed by atoms with E-state index in [9.17, 15) is 4.79 Å². The third-order valence-corrected chi connectivity index (χ3v) is 3.68. The van der Waals surface area contributed by atoms with Crippen molar-refractivity contribution in [3.8, 4) is 0 Å². The van der Waals surface area contributed by atoms with Crippen molar-refractivity contribution in [3.63, 3.8) is 0 Å². The molecule has 20 heavy (non-hydrogen) atoms. The fourth-order valence-corrected chi connectivity index (χ4v) is 2.47. The number of para-hydroxylation sites is 1. The highest BCUT2D eigenvalue weighted by atomic mass is 16.5. The van der Waals surface area contributed by atoms with Crippen molar-refractivity contribution < 1.29 is 9.53 Å². The van der Waals surface area contributed by atoms with Crippen LogP contribution in [0.25, 0.3) is 0 Å². The van der Waals surface area contributed by atoms with Gasteiger partial charge in [-0.05, 0) is 18.1 Å². The van der Waals surface area contributed by atoms with E-state index in [1.54, 1.807) is 0 Å². The molecule has 0 spiro atoms. The largest absolute Gasteiger partial charge is 0.378 e. The lowest BCUT2D eigenvalue weighted by molar-refractivity contribution is -0.119. The van der Waals surface area contributed by atoms with Gasteiger partial charge in [-0.1, -0.05) is 25.1 Å². The molecule has 1 aromatic carbocycles. The summed E-state index contributed by atoms with van der Waals surface area (Å²) in [6.07, 6.45) is 0.993. The number of carbonyl (C=O) groups excluding carboxylic acids is 1. The molecule has 1 aliphatic rings. The van der Waals surface area contributed by atoms with Crippen LogP contribution in [0.5, 0.6) is 0 Å². The lowest BCUT2D eigenvalue weighted by atomic mass is 10.1. The first-order valence-electron chi connectivity index (χ1n) is 7.14. The van der Waals surface area contributed by atoms with Crippen molar-refractivity contribution in [2.75, 3.05) is 31.6 Å². The van der Waals surface area contributed by atoms with Crippen LogP contribution in [0.3, 0.4) is 0 Å². The van der Waals surface area contributed by atoms with Gasteiger partial charge in [-0.2, -0.15) is 0 Å². The van der Waals surface area contributed by atoms with E-state index < -0.39 is 0 Å². The Bertz CT molecular complexity index is 450. The summed E-state index contributed by atoms with van der Waals surface area (Å²) in [5.41, 5.74) is 7.44. The molecule has 1 unspecified atom stereocenters. The zero-order chi connectivity index (χ0) is 14.4. The summed E-state index contributed by atoms with van der Waals surface area (Å²) in [6.45, 7) is 5.16. The molecule has 1 aliphatic heterocycles. The number of anilines is 1. The van der Waals surface area contributed by atoms with Crippen LogP contribution in [0, 0.1) is 0 Å². The molecule has 5 heteroatoms. The lowest BCUT2D eigenvalue weighted by Gasteiger charge is -2.34. The van der Waals surface area contributed by atoms with Gasteiger partial charge in [-0.15, -0.1) is 0 Å². The van der Waals surface area contributed by atoms with Gasteiger partial charge in [0.25, 0.3) is 0 Å². The van der Waals surface area contributed by atoms with Gasteiger partial charge in [0.05, 0.1) is 19.8 Å². The van der Waals surface area contributed by atoms with Gasteiger partial charge in [0.1, 0.15) is 0 Å². The maximum absolute atomic E-state index is 12.2. The molecule has 1 saturated heterocycles. The maximum atomic E-state index is 12.2. The SMILES string of the molecule is CCC1COCCN1CC(=O)Nc1ccccc1CN. The molecule has 1 amide bonds. The minimum Gasteiger partial charge on any atom is -0.378 e. The Hall–Kier alpha value is -1.43. The van der Waals surface area contributed by atoms with Crippen LogP contribution in [-0.2, 0) is 16.1 Å². The zero-order valence-corrected chi connectivity index (χ0v) is 12.0. The monoisotopic (exact) mass is 277 g/mol. The lowest BCUT2D eigenvalue weighted by Crippen LogP contribution is -2.48. The molecule has 0 saturated carbocycles. The fourth-order valence-electron chi connectivity index (χ4n) is 2.47. The number of rotatable bonds is 5. The van der Waals surface area contributed by atoms with Crippen LogP contribution in [0.15, 0.2) is 24.3 Å². The Labute approximate surface area is 120 Å². The van der Waals surface area contributed by atoms with E-state index in [4.69, 9.17) is 10.5 Å². The van der Waals surface area contributed by atoms with Gasteiger partial charge in [-0.3, -0.25) is 9.69 Å². The van der Waals surface area contributed by atoms with Crippen LogP contribution in [0.2, 0.25) is 0 Å². The van der Waals surface area contributed by atoms with E-state index in [0.29, 0.717) is 32.3 Å². The van der Waals surface area contributed by atoms with Gasteiger partial charge < -0.3 is 15.8 Å². The number of ether oxygens (including phenoxy) is 1. The number of amides is 1. The highest BCUT2D eigenvalue weighted by Crippen LogP contribution is 2.15. The smallest absolute Gasteiger partial charge is 0.238 e. The van der Waals surface area contributed by atoms with Crippen molar-refractivity contribution in [3.05, 3.63) is 29.8 Å². The summed E-state index contributed by atoms with van der Waals surface area (Å²) in [4.78, 5) is 14.4. The molecule has 110 valence electrons. The quantitative estimate of drug-likeness (QED) is 0.848. The number of hydrogen-bond acceptors (Lipinski definition) is 4. The zero-order valence-electron chi connectivity index (χ0n) is 12.0. The fraction of sp³-hybridized carbons (Fsp3) is 0.533. The number of hydrogen-bond donors (Lipinski definition) is 2.